The van der Waals surface area contributed by atoms with Crippen LogP contribution < -0.4 is 75.8 Å². The van der Waals surface area contributed by atoms with E-state index in [0.717, 1.165) is 0 Å². The van der Waals surface area contributed by atoms with Gasteiger partial charge in [0, 0.05) is 123 Å². The van der Waals surface area contributed by atoms with Crippen LogP contribution in [0.5, 0.6) is 92.0 Å². The molecule has 0 aliphatic rings. The molecule has 0 bridgehead atoms. The number of carboxylic acid groups (broad SMARTS) is 8. The summed E-state index contributed by atoms with van der Waals surface area (Å²) in [5.74, 6) is -7.39. The average molecular weight is 1570 g/mol. The summed E-state index contributed by atoms with van der Waals surface area (Å²) >= 11 is 0. The Bertz CT molecular complexity index is 4830. The van der Waals surface area contributed by atoms with Gasteiger partial charge in [0.25, 0.3) is 0 Å². The summed E-state index contributed by atoms with van der Waals surface area (Å²) in [7, 11) is 11.3. The van der Waals surface area contributed by atoms with Gasteiger partial charge in [-0.25, -0.2) is 38.4 Å². The van der Waals surface area contributed by atoms with Gasteiger partial charge < -0.3 is 117 Å². The summed E-state index contributed by atoms with van der Waals surface area (Å²) in [5, 5.41) is 78.1. The van der Waals surface area contributed by atoms with Gasteiger partial charge in [-0.3, -0.25) is 0 Å². The van der Waals surface area contributed by atoms with E-state index in [2.05, 4.69) is 0 Å². The number of carbonyl (C=O) groups is 8. The van der Waals surface area contributed by atoms with Crippen molar-refractivity contribution < 1.29 is 155 Å². The largest absolute Gasteiger partial charge is 0.496 e. The highest BCUT2D eigenvalue weighted by Gasteiger charge is 2.28. The molecule has 0 atom stereocenters. The highest BCUT2D eigenvalue weighted by Crippen LogP contribution is 2.45. The summed E-state index contributed by atoms with van der Waals surface area (Å²) in [4.78, 5) is 95.8. The van der Waals surface area contributed by atoms with Gasteiger partial charge in [0.15, 0.2) is 52.9 Å². The zero-order chi connectivity index (χ0) is 82.2. The van der Waals surface area contributed by atoms with Crippen molar-refractivity contribution in [2.75, 3.05) is 110 Å². The number of rotatable bonds is 47. The molecule has 32 nitrogen and oxygen atoms in total. The first kappa shape index (κ1) is 84.9. The fourth-order valence-corrected chi connectivity index (χ4v) is 13.0. The van der Waals surface area contributed by atoms with Gasteiger partial charge in [0.2, 0.25) is 0 Å². The number of hydrogen-bond acceptors (Lipinski definition) is 24. The first-order chi connectivity index (χ1) is 54.1. The Hall–Kier alpha value is -13.7. The first-order valence-electron chi connectivity index (χ1n) is 34.4. The molecular formula is C81H84O32. The Labute approximate surface area is 646 Å². The maximum atomic E-state index is 12.3. The Balaban J connectivity index is 1.27. The Morgan fingerprint density at radius 3 is 0.522 bits per heavy atom. The van der Waals surface area contributed by atoms with Gasteiger partial charge >= 0.3 is 47.8 Å². The van der Waals surface area contributed by atoms with Crippen LogP contribution in [0.25, 0.3) is 0 Å². The molecule has 0 saturated heterocycles. The van der Waals surface area contributed by atoms with Crippen molar-refractivity contribution in [3.63, 3.8) is 0 Å². The third kappa shape index (κ3) is 23.4. The SMILES string of the molecule is CCc1cc(OCC(=O)O)cc(Cc2cc(OCC(=O)O)cc(Cc3cc(OCC(=O)O)cc(Cc4cc(OCC(=O)O)cc(Cc5cc(OCC(=O)O)cc(Cc6cc(OCC(=O)O)cc(Cc7cc(OCC(=O)O)cc(Cc8cc(OCC(=O)O)ccc8OC)c7OC)c6OC)c5OC)c4OC)c3OC)c2OC)c1OC. The number of aliphatic carboxylic acids is 8. The minimum atomic E-state index is -1.34. The molecule has 0 fully saturated rings. The first-order valence-corrected chi connectivity index (χ1v) is 34.4. The minimum absolute atomic E-state index is 0.0134. The second kappa shape index (κ2) is 40.1. The molecule has 0 heterocycles. The minimum Gasteiger partial charge on any atom is -0.496 e. The molecule has 0 unspecified atom stereocenters. The molecule has 0 aromatic heterocycles. The van der Waals surface area contributed by atoms with Crippen LogP contribution in [-0.4, -0.2) is 198 Å². The van der Waals surface area contributed by atoms with Crippen LogP contribution >= 0.6 is 0 Å². The standard InChI is InChI=1S/C81H84O32/c1-10-43-20-59(107-36-68(84)85)23-46(75(43)99-3)14-47-24-61(109-38-70(88)89)27-50(77(47)101-5)16-51-28-63(111-40-72(92)93)31-54(79(51)103-7)18-55-32-65(113-42-74(96)97)34-57(81(55)105-9)19-56-33-64(112-41-73(94)95)30-53(80(56)104-8)17-52-29-62(110-39-71(90)91)26-49(78(52)102-6)15-48-25-60(108-37-69(86)87)22-45(76(48)100-4)13-44-21-58(106-35-67(82)83)11-12-66(44)98-2/h11-12,20-34H,10,13-19,35-42H2,1-9H3,(H,82,83)(H,84,85)(H,86,87)(H,88,89)(H,90,91)(H,92,93)(H,94,95)(H,96,97). The van der Waals surface area contributed by atoms with Crippen LogP contribution in [-0.2, 0) is 89.7 Å². The van der Waals surface area contributed by atoms with Gasteiger partial charge in [-0.2, -0.15) is 0 Å². The predicted molar refractivity (Wildman–Crippen MR) is 398 cm³/mol. The number of benzene rings is 8. The zero-order valence-corrected chi connectivity index (χ0v) is 63.0. The van der Waals surface area contributed by atoms with Crippen molar-refractivity contribution in [1.82, 2.24) is 0 Å². The van der Waals surface area contributed by atoms with E-state index in [1.807, 2.05) is 6.92 Å². The third-order valence-electron chi connectivity index (χ3n) is 17.1. The van der Waals surface area contributed by atoms with E-state index < -0.39 is 101 Å². The molecule has 8 rings (SSSR count). The van der Waals surface area contributed by atoms with Crippen LogP contribution in [0.1, 0.15) is 90.4 Å². The summed E-state index contributed by atoms with van der Waals surface area (Å²) in [6.07, 6.45) is -0.156. The smallest absolute Gasteiger partial charge is 0.341 e. The summed E-state index contributed by atoms with van der Waals surface area (Å²) in [5.41, 5.74) is 6.13. The van der Waals surface area contributed by atoms with Crippen LogP contribution in [0.2, 0.25) is 0 Å². The van der Waals surface area contributed by atoms with E-state index >= 15 is 0 Å². The Morgan fingerprint density at radius 1 is 0.212 bits per heavy atom. The summed E-state index contributed by atoms with van der Waals surface area (Å²) < 4.78 is 94.9. The Kier molecular flexibility index (Phi) is 30.2. The van der Waals surface area contributed by atoms with Crippen molar-refractivity contribution >= 4 is 47.8 Å². The molecule has 0 radical (unpaired) electrons. The summed E-state index contributed by atoms with van der Waals surface area (Å²) in [6, 6.07) is 26.5. The maximum Gasteiger partial charge on any atom is 0.341 e. The average Bonchev–Trinajstić information content (AvgIpc) is 0.738. The molecule has 0 spiro atoms. The molecule has 600 valence electrons. The van der Waals surface area contributed by atoms with Crippen molar-refractivity contribution in [3.05, 3.63) is 187 Å². The van der Waals surface area contributed by atoms with Crippen LogP contribution in [0.15, 0.2) is 103 Å². The van der Waals surface area contributed by atoms with Gasteiger partial charge in [-0.15, -0.1) is 0 Å². The maximum absolute atomic E-state index is 12.3. The van der Waals surface area contributed by atoms with Gasteiger partial charge in [-0.05, 0) is 115 Å². The molecular weight excluding hydrogens is 1480 g/mol. The highest BCUT2D eigenvalue weighted by molar-refractivity contribution is 5.73. The molecule has 0 amide bonds. The lowest BCUT2D eigenvalue weighted by molar-refractivity contribution is -0.140. The second-order valence-electron chi connectivity index (χ2n) is 24.9. The molecule has 0 aliphatic heterocycles. The van der Waals surface area contributed by atoms with Gasteiger partial charge in [-0.1, -0.05) is 6.92 Å². The van der Waals surface area contributed by atoms with E-state index in [1.165, 1.54) is 105 Å². The van der Waals surface area contributed by atoms with Gasteiger partial charge in [0.1, 0.15) is 92.0 Å². The van der Waals surface area contributed by atoms with E-state index in [1.54, 1.807) is 54.6 Å². The number of methoxy groups -OCH3 is 8. The lowest BCUT2D eigenvalue weighted by atomic mass is 9.91. The molecule has 0 saturated carbocycles. The quantitative estimate of drug-likeness (QED) is 0.0176. The number of aryl methyl sites for hydroxylation is 1. The fourth-order valence-electron chi connectivity index (χ4n) is 13.0. The topological polar surface area (TPSA) is 446 Å². The monoisotopic (exact) mass is 1570 g/mol. The lowest BCUT2D eigenvalue weighted by Gasteiger charge is -2.22. The fraction of sp³-hybridized carbons (Fsp3) is 0.309. The van der Waals surface area contributed by atoms with Crippen molar-refractivity contribution in [1.29, 1.82) is 0 Å². The molecule has 32 heteroatoms. The normalized spacial score (nSPS) is 10.8. The number of hydrogen-bond donors (Lipinski definition) is 8. The van der Waals surface area contributed by atoms with E-state index in [0.29, 0.717) is 101 Å². The molecule has 113 heavy (non-hydrogen) atoms. The van der Waals surface area contributed by atoms with Crippen molar-refractivity contribution in [2.24, 2.45) is 0 Å². The van der Waals surface area contributed by atoms with E-state index in [-0.39, 0.29) is 125 Å². The molecule has 8 aromatic carbocycles. The summed E-state index contributed by atoms with van der Waals surface area (Å²) in [6.45, 7) is -4.18. The van der Waals surface area contributed by atoms with Crippen molar-refractivity contribution in [3.8, 4) is 92.0 Å². The van der Waals surface area contributed by atoms with Crippen LogP contribution in [0.3, 0.4) is 0 Å². The Morgan fingerprint density at radius 2 is 0.363 bits per heavy atom. The third-order valence-corrected chi connectivity index (χ3v) is 17.1. The van der Waals surface area contributed by atoms with E-state index in [4.69, 9.17) is 75.8 Å². The predicted octanol–water partition coefficient (Wildman–Crippen LogP) is 9.16. The zero-order valence-electron chi connectivity index (χ0n) is 63.0. The number of carboxylic acids is 8. The lowest BCUT2D eigenvalue weighted by Crippen LogP contribution is -2.12. The molecule has 8 N–H and O–H groups in total. The molecule has 0 aliphatic carbocycles. The van der Waals surface area contributed by atoms with Crippen LogP contribution in [0, 0.1) is 0 Å². The number of ether oxygens (including phenoxy) is 16. The van der Waals surface area contributed by atoms with E-state index in [9.17, 15) is 79.2 Å². The van der Waals surface area contributed by atoms with Crippen molar-refractivity contribution in [2.45, 2.75) is 58.3 Å². The highest BCUT2D eigenvalue weighted by atomic mass is 16.5. The molecule has 8 aromatic rings. The van der Waals surface area contributed by atoms with Gasteiger partial charge in [0.05, 0.1) is 56.9 Å². The second-order valence-corrected chi connectivity index (χ2v) is 24.9. The van der Waals surface area contributed by atoms with Crippen LogP contribution in [0.4, 0.5) is 0 Å².